The first-order valence-electron chi connectivity index (χ1n) is 5.58. The van der Waals surface area contributed by atoms with E-state index in [0.29, 0.717) is 4.47 Å². The smallest absolute Gasteiger partial charge is 0.304 e. The van der Waals surface area contributed by atoms with E-state index in [4.69, 9.17) is 5.11 Å². The maximum atomic E-state index is 10.9. The molecular formula is C13H15BrO3. The minimum atomic E-state index is -0.759. The number of aromatic hydroxyl groups is 1. The van der Waals surface area contributed by atoms with Crippen LogP contribution >= 0.6 is 15.9 Å². The highest BCUT2D eigenvalue weighted by molar-refractivity contribution is 9.10. The van der Waals surface area contributed by atoms with E-state index in [1.54, 1.807) is 6.07 Å². The topological polar surface area (TPSA) is 57.5 Å². The third kappa shape index (κ3) is 2.06. The van der Waals surface area contributed by atoms with Crippen LogP contribution in [-0.4, -0.2) is 16.2 Å². The third-order valence-electron chi connectivity index (χ3n) is 3.55. The van der Waals surface area contributed by atoms with Crippen molar-refractivity contribution in [1.82, 2.24) is 0 Å². The molecule has 0 amide bonds. The van der Waals surface area contributed by atoms with Crippen LogP contribution < -0.4 is 0 Å². The normalized spacial score (nSPS) is 16.9. The van der Waals surface area contributed by atoms with Crippen molar-refractivity contribution in [2.24, 2.45) is 0 Å². The van der Waals surface area contributed by atoms with Crippen LogP contribution in [0.5, 0.6) is 5.75 Å². The van der Waals surface area contributed by atoms with Crippen molar-refractivity contribution in [3.8, 4) is 5.75 Å². The molecule has 0 heterocycles. The molecular weight excluding hydrogens is 284 g/mol. The zero-order valence-electron chi connectivity index (χ0n) is 9.88. The van der Waals surface area contributed by atoms with Gasteiger partial charge in [-0.1, -0.05) is 0 Å². The molecule has 0 bridgehead atoms. The summed E-state index contributed by atoms with van der Waals surface area (Å²) in [4.78, 5) is 10.9. The van der Waals surface area contributed by atoms with Crippen LogP contribution in [0.3, 0.4) is 0 Å². The molecule has 1 aromatic carbocycles. The minimum Gasteiger partial charge on any atom is -0.507 e. The first-order valence-corrected chi connectivity index (χ1v) is 6.37. The molecule has 2 N–H and O–H groups in total. The summed E-state index contributed by atoms with van der Waals surface area (Å²) in [6.07, 6.45) is 2.00. The summed E-state index contributed by atoms with van der Waals surface area (Å²) in [5.74, 6) is -0.541. The first kappa shape index (κ1) is 12.4. The standard InChI is InChI=1S/C13H15BrO3/c1-7-5-9(15)12(14)8(2)11(7)13(3-4-13)6-10(16)17/h5,15H,3-4,6H2,1-2H3,(H,16,17). The molecule has 2 rings (SSSR count). The summed E-state index contributed by atoms with van der Waals surface area (Å²) in [7, 11) is 0. The Labute approximate surface area is 109 Å². The fraction of sp³-hybridized carbons (Fsp3) is 0.462. The van der Waals surface area contributed by atoms with Crippen molar-refractivity contribution < 1.29 is 15.0 Å². The van der Waals surface area contributed by atoms with Crippen LogP contribution in [0.1, 0.15) is 36.0 Å². The molecule has 1 aromatic rings. The Kier molecular flexibility index (Phi) is 2.94. The number of halogens is 1. The molecule has 1 fully saturated rings. The number of carbonyl (C=O) groups is 1. The first-order chi connectivity index (χ1) is 7.87. The highest BCUT2D eigenvalue weighted by Crippen LogP contribution is 2.54. The van der Waals surface area contributed by atoms with Crippen LogP contribution in [0.2, 0.25) is 0 Å². The molecule has 1 aliphatic carbocycles. The zero-order valence-corrected chi connectivity index (χ0v) is 11.5. The van der Waals surface area contributed by atoms with Gasteiger partial charge < -0.3 is 10.2 Å². The Hall–Kier alpha value is -1.03. The van der Waals surface area contributed by atoms with Crippen molar-refractivity contribution in [3.63, 3.8) is 0 Å². The second kappa shape index (κ2) is 4.02. The van der Waals surface area contributed by atoms with Gasteiger partial charge in [0.15, 0.2) is 0 Å². The number of hydrogen-bond donors (Lipinski definition) is 2. The highest BCUT2D eigenvalue weighted by Gasteiger charge is 2.48. The summed E-state index contributed by atoms with van der Waals surface area (Å²) in [6.45, 7) is 3.85. The fourth-order valence-corrected chi connectivity index (χ4v) is 3.02. The predicted molar refractivity (Wildman–Crippen MR) is 68.4 cm³/mol. The molecule has 92 valence electrons. The summed E-state index contributed by atoms with van der Waals surface area (Å²) >= 11 is 3.35. The lowest BCUT2D eigenvalue weighted by atomic mass is 9.85. The largest absolute Gasteiger partial charge is 0.507 e. The average Bonchev–Trinajstić information content (AvgIpc) is 2.94. The lowest BCUT2D eigenvalue weighted by molar-refractivity contribution is -0.137. The zero-order chi connectivity index (χ0) is 12.8. The molecule has 1 aliphatic rings. The van der Waals surface area contributed by atoms with Crippen LogP contribution in [0.25, 0.3) is 0 Å². The van der Waals surface area contributed by atoms with E-state index < -0.39 is 5.97 Å². The second-order valence-electron chi connectivity index (χ2n) is 4.88. The van der Waals surface area contributed by atoms with Gasteiger partial charge in [-0.3, -0.25) is 4.79 Å². The van der Waals surface area contributed by atoms with E-state index in [2.05, 4.69) is 15.9 Å². The number of aryl methyl sites for hydroxylation is 1. The van der Waals surface area contributed by atoms with Gasteiger partial charge in [0.25, 0.3) is 0 Å². The van der Waals surface area contributed by atoms with E-state index in [0.717, 1.165) is 29.5 Å². The molecule has 0 spiro atoms. The Morgan fingerprint density at radius 1 is 1.47 bits per heavy atom. The van der Waals surface area contributed by atoms with Gasteiger partial charge in [-0.25, -0.2) is 0 Å². The van der Waals surface area contributed by atoms with E-state index in [-0.39, 0.29) is 17.6 Å². The van der Waals surface area contributed by atoms with Crippen LogP contribution in [0, 0.1) is 13.8 Å². The average molecular weight is 299 g/mol. The van der Waals surface area contributed by atoms with Gasteiger partial charge in [0.05, 0.1) is 10.9 Å². The predicted octanol–water partition coefficient (Wildman–Crippen LogP) is 3.28. The minimum absolute atomic E-state index is 0.173. The van der Waals surface area contributed by atoms with Gasteiger partial charge >= 0.3 is 5.97 Å². The quantitative estimate of drug-likeness (QED) is 0.900. The molecule has 4 heteroatoms. The molecule has 17 heavy (non-hydrogen) atoms. The molecule has 0 atom stereocenters. The number of phenols is 1. The van der Waals surface area contributed by atoms with E-state index in [1.807, 2.05) is 13.8 Å². The van der Waals surface area contributed by atoms with Gasteiger partial charge in [0.1, 0.15) is 5.75 Å². The number of carboxylic acids is 1. The molecule has 0 saturated heterocycles. The van der Waals surface area contributed by atoms with Crippen molar-refractivity contribution in [1.29, 1.82) is 0 Å². The van der Waals surface area contributed by atoms with Gasteiger partial charge in [-0.2, -0.15) is 0 Å². The maximum Gasteiger partial charge on any atom is 0.304 e. The second-order valence-corrected chi connectivity index (χ2v) is 5.67. The maximum absolute atomic E-state index is 10.9. The SMILES string of the molecule is Cc1cc(O)c(Br)c(C)c1C1(CC(=O)O)CC1. The highest BCUT2D eigenvalue weighted by atomic mass is 79.9. The lowest BCUT2D eigenvalue weighted by Crippen LogP contribution is -2.16. The monoisotopic (exact) mass is 298 g/mol. The van der Waals surface area contributed by atoms with Gasteiger partial charge in [-0.15, -0.1) is 0 Å². The summed E-state index contributed by atoms with van der Waals surface area (Å²) in [5, 5.41) is 18.7. The summed E-state index contributed by atoms with van der Waals surface area (Å²) in [5.41, 5.74) is 2.81. The van der Waals surface area contributed by atoms with Crippen LogP contribution in [0.15, 0.2) is 10.5 Å². The number of phenolic OH excluding ortho intramolecular Hbond substituents is 1. The molecule has 0 unspecified atom stereocenters. The Balaban J connectivity index is 2.53. The number of hydrogen-bond acceptors (Lipinski definition) is 2. The molecule has 1 saturated carbocycles. The number of aliphatic carboxylic acids is 1. The third-order valence-corrected chi connectivity index (χ3v) is 4.55. The van der Waals surface area contributed by atoms with Crippen molar-refractivity contribution in [2.75, 3.05) is 0 Å². The molecule has 0 radical (unpaired) electrons. The van der Waals surface area contributed by atoms with Crippen LogP contribution in [0.4, 0.5) is 0 Å². The molecule has 0 aliphatic heterocycles. The van der Waals surface area contributed by atoms with E-state index >= 15 is 0 Å². The van der Waals surface area contributed by atoms with Gasteiger partial charge in [0, 0.05) is 5.41 Å². The van der Waals surface area contributed by atoms with Gasteiger partial charge in [0.2, 0.25) is 0 Å². The summed E-state index contributed by atoms with van der Waals surface area (Å²) < 4.78 is 0.676. The van der Waals surface area contributed by atoms with Crippen molar-refractivity contribution >= 4 is 21.9 Å². The van der Waals surface area contributed by atoms with Crippen molar-refractivity contribution in [2.45, 2.75) is 38.5 Å². The summed E-state index contributed by atoms with van der Waals surface area (Å²) in [6, 6.07) is 1.70. The van der Waals surface area contributed by atoms with Gasteiger partial charge in [-0.05, 0) is 65.4 Å². The number of carboxylic acid groups (broad SMARTS) is 1. The van der Waals surface area contributed by atoms with Crippen molar-refractivity contribution in [3.05, 3.63) is 27.2 Å². The Morgan fingerprint density at radius 2 is 2.06 bits per heavy atom. The molecule has 3 nitrogen and oxygen atoms in total. The Morgan fingerprint density at radius 3 is 2.53 bits per heavy atom. The van der Waals surface area contributed by atoms with E-state index in [9.17, 15) is 9.90 Å². The fourth-order valence-electron chi connectivity index (χ4n) is 2.71. The number of benzene rings is 1. The number of rotatable bonds is 3. The van der Waals surface area contributed by atoms with E-state index in [1.165, 1.54) is 0 Å². The molecule has 0 aromatic heterocycles. The van der Waals surface area contributed by atoms with Crippen LogP contribution in [-0.2, 0) is 10.2 Å². The lowest BCUT2D eigenvalue weighted by Gasteiger charge is -2.20. The Bertz CT molecular complexity index is 490.